The van der Waals surface area contributed by atoms with Gasteiger partial charge >= 0.3 is 0 Å². The van der Waals surface area contributed by atoms with Crippen LogP contribution in [0.15, 0.2) is 41.8 Å². The zero-order valence-corrected chi connectivity index (χ0v) is 14.8. The van der Waals surface area contributed by atoms with E-state index >= 15 is 0 Å². The molecule has 0 saturated heterocycles. The summed E-state index contributed by atoms with van der Waals surface area (Å²) in [6.07, 6.45) is 0. The van der Waals surface area contributed by atoms with Gasteiger partial charge in [-0.15, -0.1) is 11.3 Å². The number of hydrogen-bond acceptors (Lipinski definition) is 5. The number of aromatic amines is 1. The highest BCUT2D eigenvalue weighted by atomic mass is 32.1. The van der Waals surface area contributed by atoms with Gasteiger partial charge in [-0.3, -0.25) is 0 Å². The van der Waals surface area contributed by atoms with Crippen molar-refractivity contribution in [3.63, 3.8) is 0 Å². The van der Waals surface area contributed by atoms with Crippen LogP contribution in [0.25, 0.3) is 21.7 Å². The summed E-state index contributed by atoms with van der Waals surface area (Å²) in [6, 6.07) is 13.7. The van der Waals surface area contributed by atoms with E-state index in [-0.39, 0.29) is 0 Å². The van der Waals surface area contributed by atoms with Crippen molar-refractivity contribution in [3.05, 3.63) is 52.0 Å². The van der Waals surface area contributed by atoms with Gasteiger partial charge in [0.25, 0.3) is 0 Å². The SMILES string of the molecule is COc1ccc(-c2cc(-c3cccs3)[nH]c(=S)c2C#N)cc1OC. The number of benzene rings is 1. The third-order valence-electron chi connectivity index (χ3n) is 3.63. The molecule has 0 amide bonds. The van der Waals surface area contributed by atoms with E-state index in [9.17, 15) is 5.26 Å². The number of ether oxygens (including phenoxy) is 2. The van der Waals surface area contributed by atoms with Crippen molar-refractivity contribution in [1.82, 2.24) is 4.98 Å². The number of rotatable bonds is 4. The molecule has 2 aromatic heterocycles. The molecule has 4 nitrogen and oxygen atoms in total. The van der Waals surface area contributed by atoms with Crippen LogP contribution in [0.1, 0.15) is 5.56 Å². The van der Waals surface area contributed by atoms with Gasteiger partial charge in [0, 0.05) is 5.56 Å². The second-order valence-electron chi connectivity index (χ2n) is 4.96. The molecular formula is C18H14N2O2S2. The largest absolute Gasteiger partial charge is 0.493 e. The molecule has 0 unspecified atom stereocenters. The Morgan fingerprint density at radius 2 is 1.92 bits per heavy atom. The van der Waals surface area contributed by atoms with Crippen LogP contribution in [0.5, 0.6) is 11.5 Å². The maximum absolute atomic E-state index is 9.52. The summed E-state index contributed by atoms with van der Waals surface area (Å²) in [6.45, 7) is 0. The Hall–Kier alpha value is -2.62. The molecule has 0 bridgehead atoms. The van der Waals surface area contributed by atoms with Crippen molar-refractivity contribution in [3.8, 4) is 39.3 Å². The van der Waals surface area contributed by atoms with Gasteiger partial charge < -0.3 is 14.5 Å². The summed E-state index contributed by atoms with van der Waals surface area (Å²) in [5.41, 5.74) is 2.95. The van der Waals surface area contributed by atoms with Gasteiger partial charge in [0.1, 0.15) is 10.7 Å². The number of H-pyrrole nitrogens is 1. The molecule has 3 rings (SSSR count). The molecular weight excluding hydrogens is 340 g/mol. The number of aromatic nitrogens is 1. The number of pyridine rings is 1. The normalized spacial score (nSPS) is 10.2. The lowest BCUT2D eigenvalue weighted by atomic mass is 10.0. The predicted molar refractivity (Wildman–Crippen MR) is 98.2 cm³/mol. The van der Waals surface area contributed by atoms with Gasteiger partial charge in [-0.2, -0.15) is 5.26 Å². The van der Waals surface area contributed by atoms with E-state index in [1.807, 2.05) is 41.8 Å². The summed E-state index contributed by atoms with van der Waals surface area (Å²) in [5.74, 6) is 1.25. The molecule has 1 aromatic carbocycles. The quantitative estimate of drug-likeness (QED) is 0.668. The highest BCUT2D eigenvalue weighted by Crippen LogP contribution is 2.35. The topological polar surface area (TPSA) is 58.0 Å². The van der Waals surface area contributed by atoms with Crippen LogP contribution in [0.3, 0.4) is 0 Å². The summed E-state index contributed by atoms with van der Waals surface area (Å²) in [5, 5.41) is 11.5. The fourth-order valence-electron chi connectivity index (χ4n) is 2.47. The molecule has 0 spiro atoms. The molecule has 0 aliphatic rings. The number of methoxy groups -OCH3 is 2. The lowest BCUT2D eigenvalue weighted by molar-refractivity contribution is 0.355. The monoisotopic (exact) mass is 354 g/mol. The van der Waals surface area contributed by atoms with Crippen molar-refractivity contribution in [2.24, 2.45) is 0 Å². The maximum atomic E-state index is 9.52. The number of thiophene rings is 1. The van der Waals surface area contributed by atoms with Gasteiger partial charge in [-0.05, 0) is 35.2 Å². The molecule has 3 aromatic rings. The first-order chi connectivity index (χ1) is 11.7. The molecule has 120 valence electrons. The fraction of sp³-hybridized carbons (Fsp3) is 0.111. The number of nitrogens with one attached hydrogen (secondary N) is 1. The highest BCUT2D eigenvalue weighted by Gasteiger charge is 2.13. The van der Waals surface area contributed by atoms with Crippen LogP contribution < -0.4 is 9.47 Å². The van der Waals surface area contributed by atoms with Crippen molar-refractivity contribution in [1.29, 1.82) is 5.26 Å². The molecule has 0 aliphatic carbocycles. The van der Waals surface area contributed by atoms with Gasteiger partial charge in [0.15, 0.2) is 11.5 Å². The Bertz CT molecular complexity index is 970. The lowest BCUT2D eigenvalue weighted by Crippen LogP contribution is -1.94. The maximum Gasteiger partial charge on any atom is 0.161 e. The third kappa shape index (κ3) is 2.92. The molecule has 0 saturated carbocycles. The van der Waals surface area contributed by atoms with E-state index in [1.165, 1.54) is 0 Å². The molecule has 0 fully saturated rings. The van der Waals surface area contributed by atoms with E-state index in [1.54, 1.807) is 25.6 Å². The minimum atomic E-state index is 0.424. The Kier molecular flexibility index (Phi) is 4.65. The molecule has 2 heterocycles. The minimum Gasteiger partial charge on any atom is -0.493 e. The fourth-order valence-corrected chi connectivity index (χ4v) is 3.43. The summed E-state index contributed by atoms with van der Waals surface area (Å²) >= 11 is 6.99. The van der Waals surface area contributed by atoms with E-state index in [0.717, 1.165) is 21.7 Å². The van der Waals surface area contributed by atoms with E-state index < -0.39 is 0 Å². The third-order valence-corrected chi connectivity index (χ3v) is 4.84. The smallest absolute Gasteiger partial charge is 0.161 e. The van der Waals surface area contributed by atoms with Crippen molar-refractivity contribution in [2.45, 2.75) is 0 Å². The van der Waals surface area contributed by atoms with E-state index in [0.29, 0.717) is 21.7 Å². The molecule has 0 radical (unpaired) electrons. The minimum absolute atomic E-state index is 0.424. The van der Waals surface area contributed by atoms with Crippen LogP contribution in [0.4, 0.5) is 0 Å². The molecule has 6 heteroatoms. The van der Waals surface area contributed by atoms with Crippen LogP contribution in [0.2, 0.25) is 0 Å². The second-order valence-corrected chi connectivity index (χ2v) is 6.32. The second kappa shape index (κ2) is 6.87. The van der Waals surface area contributed by atoms with Crippen molar-refractivity contribution < 1.29 is 9.47 Å². The van der Waals surface area contributed by atoms with Crippen LogP contribution in [-0.2, 0) is 0 Å². The van der Waals surface area contributed by atoms with Crippen molar-refractivity contribution >= 4 is 23.6 Å². The zero-order valence-electron chi connectivity index (χ0n) is 13.1. The zero-order chi connectivity index (χ0) is 17.1. The first kappa shape index (κ1) is 16.2. The summed E-state index contributed by atoms with van der Waals surface area (Å²) < 4.78 is 11.1. The van der Waals surface area contributed by atoms with E-state index in [4.69, 9.17) is 21.7 Å². The average molecular weight is 354 g/mol. The Morgan fingerprint density at radius 1 is 1.12 bits per heavy atom. The van der Waals surface area contributed by atoms with E-state index in [2.05, 4.69) is 11.1 Å². The van der Waals surface area contributed by atoms with Gasteiger partial charge in [-0.1, -0.05) is 24.4 Å². The Balaban J connectivity index is 2.23. The predicted octanol–water partition coefficient (Wildman–Crippen LogP) is 5.03. The van der Waals surface area contributed by atoms with Gasteiger partial charge in [-0.25, -0.2) is 0 Å². The number of nitriles is 1. The standard InChI is InChI=1S/C18H14N2O2S2/c1-21-15-6-5-11(8-16(15)22-2)12-9-14(17-4-3-7-24-17)20-18(23)13(12)10-19/h3-9H,1-2H3,(H,20,23). The van der Waals surface area contributed by atoms with Crippen LogP contribution in [-0.4, -0.2) is 19.2 Å². The highest BCUT2D eigenvalue weighted by molar-refractivity contribution is 7.71. The van der Waals surface area contributed by atoms with Gasteiger partial charge in [0.2, 0.25) is 0 Å². The Morgan fingerprint density at radius 3 is 2.54 bits per heavy atom. The number of nitrogens with zero attached hydrogens (tertiary/aromatic N) is 1. The van der Waals surface area contributed by atoms with Crippen LogP contribution in [0, 0.1) is 16.0 Å². The van der Waals surface area contributed by atoms with Gasteiger partial charge in [0.05, 0.1) is 30.4 Å². The first-order valence-corrected chi connectivity index (χ1v) is 8.40. The summed E-state index contributed by atoms with van der Waals surface area (Å²) in [4.78, 5) is 4.20. The van der Waals surface area contributed by atoms with Crippen LogP contribution >= 0.6 is 23.6 Å². The summed E-state index contributed by atoms with van der Waals surface area (Å²) in [7, 11) is 3.17. The van der Waals surface area contributed by atoms with Crippen molar-refractivity contribution in [2.75, 3.05) is 14.2 Å². The average Bonchev–Trinajstić information content (AvgIpc) is 3.15. The molecule has 24 heavy (non-hydrogen) atoms. The molecule has 1 N–H and O–H groups in total. The molecule has 0 atom stereocenters. The lowest BCUT2D eigenvalue weighted by Gasteiger charge is -2.12. The molecule has 0 aliphatic heterocycles. The number of hydrogen-bond donors (Lipinski definition) is 1. The first-order valence-electron chi connectivity index (χ1n) is 7.11. The Labute approximate surface area is 148 Å².